The third kappa shape index (κ3) is 4.47. The van der Waals surface area contributed by atoms with Crippen LogP contribution in [0.3, 0.4) is 0 Å². The Hall–Kier alpha value is -2.05. The summed E-state index contributed by atoms with van der Waals surface area (Å²) in [5.74, 6) is -1.03. The van der Waals surface area contributed by atoms with Crippen LogP contribution in [-0.4, -0.2) is 40.0 Å². The minimum atomic E-state index is -0.756. The molecule has 2 amide bonds. The molecule has 0 aliphatic heterocycles. The molecule has 3 N–H and O–H groups in total. The van der Waals surface area contributed by atoms with Gasteiger partial charge in [-0.25, -0.2) is 4.79 Å². The first-order valence-electron chi connectivity index (χ1n) is 7.30. The monoisotopic (exact) mass is 294 g/mol. The summed E-state index contributed by atoms with van der Waals surface area (Å²) in [5.41, 5.74) is 1.08. The van der Waals surface area contributed by atoms with Crippen molar-refractivity contribution in [2.24, 2.45) is 11.8 Å². The zero-order chi connectivity index (χ0) is 15.2. The Morgan fingerprint density at radius 3 is 2.90 bits per heavy atom. The summed E-state index contributed by atoms with van der Waals surface area (Å²) in [6, 6.07) is -0.255. The molecule has 1 aromatic heterocycles. The lowest BCUT2D eigenvalue weighted by atomic mass is 9.96. The molecule has 0 saturated heterocycles. The Morgan fingerprint density at radius 1 is 1.43 bits per heavy atom. The van der Waals surface area contributed by atoms with Crippen molar-refractivity contribution in [2.45, 2.75) is 32.7 Å². The molecule has 116 valence electrons. The minimum Gasteiger partial charge on any atom is -0.481 e. The second kappa shape index (κ2) is 7.10. The molecular formula is C14H22N4O3. The predicted molar refractivity (Wildman–Crippen MR) is 76.8 cm³/mol. The topological polar surface area (TPSA) is 96.3 Å². The predicted octanol–water partition coefficient (Wildman–Crippen LogP) is 0.992. The summed E-state index contributed by atoms with van der Waals surface area (Å²) in [6.45, 7) is 3.48. The van der Waals surface area contributed by atoms with Gasteiger partial charge in [-0.1, -0.05) is 6.42 Å². The van der Waals surface area contributed by atoms with Crippen molar-refractivity contribution in [3.63, 3.8) is 0 Å². The second-order valence-corrected chi connectivity index (χ2v) is 5.55. The Morgan fingerprint density at radius 2 is 2.24 bits per heavy atom. The van der Waals surface area contributed by atoms with E-state index in [9.17, 15) is 9.59 Å². The highest BCUT2D eigenvalue weighted by Crippen LogP contribution is 2.31. The smallest absolute Gasteiger partial charge is 0.314 e. The number of aliphatic carboxylic acids is 1. The van der Waals surface area contributed by atoms with Gasteiger partial charge in [0.1, 0.15) is 0 Å². The fourth-order valence-corrected chi connectivity index (χ4v) is 2.77. The standard InChI is InChI=1S/C14H22N4O3/c1-10-7-17-18(9-10)6-5-15-14(21)16-8-11-3-2-4-12(11)13(19)20/h7,9,11-12H,2-6,8H2,1H3,(H,19,20)(H2,15,16,21). The molecule has 0 bridgehead atoms. The summed E-state index contributed by atoms with van der Waals surface area (Å²) < 4.78 is 1.77. The molecule has 7 nitrogen and oxygen atoms in total. The van der Waals surface area contributed by atoms with Crippen molar-refractivity contribution >= 4 is 12.0 Å². The number of hydrogen-bond donors (Lipinski definition) is 3. The third-order valence-electron chi connectivity index (χ3n) is 3.89. The highest BCUT2D eigenvalue weighted by molar-refractivity contribution is 5.74. The number of rotatable bonds is 6. The van der Waals surface area contributed by atoms with Gasteiger partial charge < -0.3 is 15.7 Å². The molecule has 1 aliphatic carbocycles. The Kier molecular flexibility index (Phi) is 5.19. The quantitative estimate of drug-likeness (QED) is 0.729. The number of carboxylic acid groups (broad SMARTS) is 1. The summed E-state index contributed by atoms with van der Waals surface area (Å²) in [4.78, 5) is 22.7. The first kappa shape index (κ1) is 15.3. The Labute approximate surface area is 123 Å². The van der Waals surface area contributed by atoms with E-state index in [1.807, 2.05) is 13.1 Å². The van der Waals surface area contributed by atoms with Gasteiger partial charge in [0.2, 0.25) is 0 Å². The third-order valence-corrected chi connectivity index (χ3v) is 3.89. The maximum Gasteiger partial charge on any atom is 0.314 e. The number of nitrogens with one attached hydrogen (secondary N) is 2. The summed E-state index contributed by atoms with van der Waals surface area (Å²) >= 11 is 0. The van der Waals surface area contributed by atoms with Crippen LogP contribution in [0.2, 0.25) is 0 Å². The van der Waals surface area contributed by atoms with Crippen LogP contribution < -0.4 is 10.6 Å². The molecule has 0 radical (unpaired) electrons. The molecular weight excluding hydrogens is 272 g/mol. The summed E-state index contributed by atoms with van der Waals surface area (Å²) in [7, 11) is 0. The zero-order valence-electron chi connectivity index (χ0n) is 12.2. The molecule has 7 heteroatoms. The van der Waals surface area contributed by atoms with Crippen LogP contribution in [0.5, 0.6) is 0 Å². The largest absolute Gasteiger partial charge is 0.481 e. The van der Waals surface area contributed by atoms with Gasteiger partial charge in [-0.2, -0.15) is 5.10 Å². The fourth-order valence-electron chi connectivity index (χ4n) is 2.77. The van der Waals surface area contributed by atoms with E-state index >= 15 is 0 Å². The normalized spacial score (nSPS) is 21.2. The summed E-state index contributed by atoms with van der Waals surface area (Å²) in [6.07, 6.45) is 6.18. The van der Waals surface area contributed by atoms with Gasteiger partial charge in [0.05, 0.1) is 18.7 Å². The van der Waals surface area contributed by atoms with E-state index in [1.165, 1.54) is 0 Å². The number of hydrogen-bond acceptors (Lipinski definition) is 3. The van der Waals surface area contributed by atoms with Crippen molar-refractivity contribution < 1.29 is 14.7 Å². The molecule has 2 rings (SSSR count). The van der Waals surface area contributed by atoms with E-state index in [2.05, 4.69) is 15.7 Å². The lowest BCUT2D eigenvalue weighted by Gasteiger charge is -2.16. The van der Waals surface area contributed by atoms with Crippen molar-refractivity contribution in [1.82, 2.24) is 20.4 Å². The van der Waals surface area contributed by atoms with Gasteiger partial charge in [0.15, 0.2) is 0 Å². The van der Waals surface area contributed by atoms with Crippen LogP contribution in [0.15, 0.2) is 12.4 Å². The lowest BCUT2D eigenvalue weighted by molar-refractivity contribution is -0.142. The molecule has 0 spiro atoms. The molecule has 1 saturated carbocycles. The molecule has 1 aromatic rings. The van der Waals surface area contributed by atoms with Crippen LogP contribution >= 0.6 is 0 Å². The van der Waals surface area contributed by atoms with Gasteiger partial charge in [0, 0.05) is 19.3 Å². The van der Waals surface area contributed by atoms with E-state index in [4.69, 9.17) is 5.11 Å². The minimum absolute atomic E-state index is 0.0435. The molecule has 2 unspecified atom stereocenters. The van der Waals surface area contributed by atoms with E-state index in [-0.39, 0.29) is 17.9 Å². The average molecular weight is 294 g/mol. The number of amides is 2. The van der Waals surface area contributed by atoms with Gasteiger partial charge in [-0.05, 0) is 31.2 Å². The highest BCUT2D eigenvalue weighted by atomic mass is 16.4. The van der Waals surface area contributed by atoms with Crippen LogP contribution in [-0.2, 0) is 11.3 Å². The van der Waals surface area contributed by atoms with E-state index in [1.54, 1.807) is 10.9 Å². The molecule has 1 aliphatic rings. The van der Waals surface area contributed by atoms with E-state index in [0.717, 1.165) is 18.4 Å². The number of nitrogens with zero attached hydrogens (tertiary/aromatic N) is 2. The number of urea groups is 1. The number of aromatic nitrogens is 2. The molecule has 0 aromatic carbocycles. The van der Waals surface area contributed by atoms with Crippen LogP contribution in [0.25, 0.3) is 0 Å². The van der Waals surface area contributed by atoms with Crippen LogP contribution in [0.4, 0.5) is 4.79 Å². The van der Waals surface area contributed by atoms with Gasteiger partial charge >= 0.3 is 12.0 Å². The summed E-state index contributed by atoms with van der Waals surface area (Å²) in [5, 5.41) is 18.7. The van der Waals surface area contributed by atoms with Gasteiger partial charge in [-0.15, -0.1) is 0 Å². The number of carboxylic acids is 1. The Bertz CT molecular complexity index is 500. The van der Waals surface area contributed by atoms with Gasteiger partial charge in [0.25, 0.3) is 0 Å². The van der Waals surface area contributed by atoms with Crippen molar-refractivity contribution in [1.29, 1.82) is 0 Å². The zero-order valence-corrected chi connectivity index (χ0v) is 12.2. The second-order valence-electron chi connectivity index (χ2n) is 5.55. The van der Waals surface area contributed by atoms with E-state index < -0.39 is 5.97 Å². The molecule has 2 atom stereocenters. The number of carbonyl (C=O) groups excluding carboxylic acids is 1. The average Bonchev–Trinajstić information content (AvgIpc) is 3.05. The van der Waals surface area contributed by atoms with Crippen LogP contribution in [0.1, 0.15) is 24.8 Å². The fraction of sp³-hybridized carbons (Fsp3) is 0.643. The molecule has 1 fully saturated rings. The van der Waals surface area contributed by atoms with E-state index in [0.29, 0.717) is 26.1 Å². The maximum absolute atomic E-state index is 11.7. The van der Waals surface area contributed by atoms with Crippen LogP contribution in [0, 0.1) is 18.8 Å². The van der Waals surface area contributed by atoms with Crippen molar-refractivity contribution in [3.05, 3.63) is 18.0 Å². The van der Waals surface area contributed by atoms with Gasteiger partial charge in [-0.3, -0.25) is 9.48 Å². The highest BCUT2D eigenvalue weighted by Gasteiger charge is 2.32. The Balaban J connectivity index is 1.64. The lowest BCUT2D eigenvalue weighted by Crippen LogP contribution is -2.40. The molecule has 21 heavy (non-hydrogen) atoms. The van der Waals surface area contributed by atoms with Crippen molar-refractivity contribution in [3.8, 4) is 0 Å². The number of aryl methyl sites for hydroxylation is 1. The van der Waals surface area contributed by atoms with Crippen molar-refractivity contribution in [2.75, 3.05) is 13.1 Å². The first-order valence-corrected chi connectivity index (χ1v) is 7.30. The SMILES string of the molecule is Cc1cnn(CCNC(=O)NCC2CCCC2C(=O)O)c1. The molecule has 1 heterocycles. The maximum atomic E-state index is 11.7. The number of carbonyl (C=O) groups is 2. The first-order chi connectivity index (χ1) is 10.1.